The van der Waals surface area contributed by atoms with Crippen LogP contribution in [0, 0.1) is 5.82 Å². The standard InChI is InChI=1S/C25H15ClFN3O2S/c26-20-12-15(27)8-10-19(20)24-29-21-13-16(9-11-22(21)32-24)28-25(33)30-23(31)18-7-3-5-14-4-1-2-6-17(14)18/h1-13H,(H2,28,30,31,33). The van der Waals surface area contributed by atoms with E-state index in [4.69, 9.17) is 28.2 Å². The number of hydrogen-bond donors (Lipinski definition) is 2. The Bertz CT molecular complexity index is 1540. The monoisotopic (exact) mass is 475 g/mol. The van der Waals surface area contributed by atoms with Crippen LogP contribution in [0.3, 0.4) is 0 Å². The Labute approximate surface area is 198 Å². The van der Waals surface area contributed by atoms with Crippen molar-refractivity contribution in [2.24, 2.45) is 0 Å². The van der Waals surface area contributed by atoms with E-state index in [2.05, 4.69) is 15.6 Å². The van der Waals surface area contributed by atoms with E-state index in [0.29, 0.717) is 27.9 Å². The number of nitrogens with one attached hydrogen (secondary N) is 2. The maximum atomic E-state index is 13.3. The van der Waals surface area contributed by atoms with Crippen molar-refractivity contribution in [3.8, 4) is 11.5 Å². The topological polar surface area (TPSA) is 67.2 Å². The molecule has 0 aliphatic rings. The first-order valence-electron chi connectivity index (χ1n) is 9.94. The molecular weight excluding hydrogens is 461 g/mol. The number of rotatable bonds is 3. The van der Waals surface area contributed by atoms with Crippen LogP contribution >= 0.6 is 23.8 Å². The summed E-state index contributed by atoms with van der Waals surface area (Å²) in [6, 6.07) is 22.4. The molecule has 0 radical (unpaired) electrons. The number of benzene rings is 4. The van der Waals surface area contributed by atoms with Gasteiger partial charge in [0.25, 0.3) is 5.91 Å². The first-order valence-corrected chi connectivity index (χ1v) is 10.7. The molecule has 0 unspecified atom stereocenters. The van der Waals surface area contributed by atoms with Crippen LogP contribution in [0.2, 0.25) is 5.02 Å². The van der Waals surface area contributed by atoms with Crippen molar-refractivity contribution in [2.45, 2.75) is 0 Å². The van der Waals surface area contributed by atoms with Gasteiger partial charge in [0.1, 0.15) is 11.3 Å². The second-order valence-electron chi connectivity index (χ2n) is 7.26. The van der Waals surface area contributed by atoms with E-state index in [1.165, 1.54) is 18.2 Å². The largest absolute Gasteiger partial charge is 0.436 e. The molecule has 0 bridgehead atoms. The highest BCUT2D eigenvalue weighted by Crippen LogP contribution is 2.31. The Morgan fingerprint density at radius 3 is 2.67 bits per heavy atom. The summed E-state index contributed by atoms with van der Waals surface area (Å²) in [7, 11) is 0. The first kappa shape index (κ1) is 21.1. The van der Waals surface area contributed by atoms with Gasteiger partial charge in [0.2, 0.25) is 5.89 Å². The van der Waals surface area contributed by atoms with Gasteiger partial charge in [-0.3, -0.25) is 10.1 Å². The molecule has 0 aliphatic heterocycles. The summed E-state index contributed by atoms with van der Waals surface area (Å²) in [6.07, 6.45) is 0. The van der Waals surface area contributed by atoms with E-state index in [1.54, 1.807) is 24.3 Å². The molecule has 0 fully saturated rings. The predicted octanol–water partition coefficient (Wildman–Crippen LogP) is 6.57. The Morgan fingerprint density at radius 1 is 1.00 bits per heavy atom. The zero-order valence-corrected chi connectivity index (χ0v) is 18.5. The van der Waals surface area contributed by atoms with Crippen LogP contribution in [0.15, 0.2) is 83.3 Å². The van der Waals surface area contributed by atoms with Crippen LogP contribution in [0.25, 0.3) is 33.3 Å². The van der Waals surface area contributed by atoms with Gasteiger partial charge in [0.05, 0.1) is 10.6 Å². The van der Waals surface area contributed by atoms with Crippen molar-refractivity contribution in [1.29, 1.82) is 0 Å². The molecule has 0 saturated carbocycles. The van der Waals surface area contributed by atoms with Crippen molar-refractivity contribution in [3.05, 3.63) is 95.3 Å². The highest BCUT2D eigenvalue weighted by atomic mass is 35.5. The third-order valence-corrected chi connectivity index (χ3v) is 5.59. The summed E-state index contributed by atoms with van der Waals surface area (Å²) >= 11 is 11.4. The molecule has 0 atom stereocenters. The summed E-state index contributed by atoms with van der Waals surface area (Å²) in [5, 5.41) is 7.88. The molecule has 8 heteroatoms. The van der Waals surface area contributed by atoms with Gasteiger partial charge in [0.15, 0.2) is 10.7 Å². The normalized spacial score (nSPS) is 11.0. The van der Waals surface area contributed by atoms with Crippen molar-refractivity contribution in [1.82, 2.24) is 10.3 Å². The predicted molar refractivity (Wildman–Crippen MR) is 132 cm³/mol. The minimum absolute atomic E-state index is 0.151. The molecule has 33 heavy (non-hydrogen) atoms. The molecule has 5 aromatic rings. The third kappa shape index (κ3) is 4.28. The van der Waals surface area contributed by atoms with E-state index in [1.807, 2.05) is 36.4 Å². The number of fused-ring (bicyclic) bond motifs is 2. The lowest BCUT2D eigenvalue weighted by atomic mass is 10.0. The maximum Gasteiger partial charge on any atom is 0.258 e. The average molecular weight is 476 g/mol. The first-order chi connectivity index (χ1) is 16.0. The molecule has 1 aromatic heterocycles. The molecule has 0 spiro atoms. The fourth-order valence-electron chi connectivity index (χ4n) is 3.54. The number of aromatic nitrogens is 1. The maximum absolute atomic E-state index is 13.3. The molecule has 0 aliphatic carbocycles. The SMILES string of the molecule is O=C(NC(=S)Nc1ccc2oc(-c3ccc(F)cc3Cl)nc2c1)c1cccc2ccccc12. The number of hydrogen-bond acceptors (Lipinski definition) is 4. The highest BCUT2D eigenvalue weighted by Gasteiger charge is 2.14. The summed E-state index contributed by atoms with van der Waals surface area (Å²) in [5.74, 6) is -0.468. The van der Waals surface area contributed by atoms with E-state index < -0.39 is 5.82 Å². The van der Waals surface area contributed by atoms with Crippen LogP contribution in [-0.2, 0) is 0 Å². The van der Waals surface area contributed by atoms with Gasteiger partial charge in [-0.2, -0.15) is 0 Å². The number of anilines is 1. The quantitative estimate of drug-likeness (QED) is 0.289. The van der Waals surface area contributed by atoms with Gasteiger partial charge in [-0.1, -0.05) is 48.0 Å². The van der Waals surface area contributed by atoms with Gasteiger partial charge in [-0.25, -0.2) is 9.37 Å². The molecule has 1 heterocycles. The van der Waals surface area contributed by atoms with E-state index in [0.717, 1.165) is 10.8 Å². The summed E-state index contributed by atoms with van der Waals surface area (Å²) < 4.78 is 19.1. The van der Waals surface area contributed by atoms with Crippen LogP contribution in [0.5, 0.6) is 0 Å². The number of carbonyl (C=O) groups is 1. The fourth-order valence-corrected chi connectivity index (χ4v) is 4.00. The lowest BCUT2D eigenvalue weighted by Gasteiger charge is -2.11. The number of thiocarbonyl (C=S) groups is 1. The van der Waals surface area contributed by atoms with Crippen LogP contribution in [-0.4, -0.2) is 16.0 Å². The second kappa shape index (κ2) is 8.61. The minimum Gasteiger partial charge on any atom is -0.436 e. The molecule has 5 nitrogen and oxygen atoms in total. The Balaban J connectivity index is 1.34. The Kier molecular flexibility index (Phi) is 5.50. The Morgan fingerprint density at radius 2 is 1.82 bits per heavy atom. The van der Waals surface area contributed by atoms with Gasteiger partial charge in [-0.05, 0) is 65.5 Å². The van der Waals surface area contributed by atoms with Crippen LogP contribution in [0.1, 0.15) is 10.4 Å². The van der Waals surface area contributed by atoms with Gasteiger partial charge >= 0.3 is 0 Å². The van der Waals surface area contributed by atoms with Gasteiger partial charge in [-0.15, -0.1) is 0 Å². The van der Waals surface area contributed by atoms with Crippen LogP contribution < -0.4 is 10.6 Å². The van der Waals surface area contributed by atoms with Crippen LogP contribution in [0.4, 0.5) is 10.1 Å². The lowest BCUT2D eigenvalue weighted by molar-refractivity contribution is 0.0979. The zero-order chi connectivity index (χ0) is 22.9. The number of halogens is 2. The number of carbonyl (C=O) groups excluding carboxylic acids is 1. The third-order valence-electron chi connectivity index (χ3n) is 5.07. The fraction of sp³-hybridized carbons (Fsp3) is 0. The van der Waals surface area contributed by atoms with Crippen molar-refractivity contribution >= 4 is 62.4 Å². The molecular formula is C25H15ClFN3O2S. The number of nitrogens with zero attached hydrogens (tertiary/aromatic N) is 1. The molecule has 2 N–H and O–H groups in total. The van der Waals surface area contributed by atoms with Crippen molar-refractivity contribution < 1.29 is 13.6 Å². The summed E-state index contributed by atoms with van der Waals surface area (Å²) in [6.45, 7) is 0. The van der Waals surface area contributed by atoms with Gasteiger partial charge < -0.3 is 9.73 Å². The van der Waals surface area contributed by atoms with Crippen molar-refractivity contribution in [3.63, 3.8) is 0 Å². The number of amides is 1. The van der Waals surface area contributed by atoms with Crippen molar-refractivity contribution in [2.75, 3.05) is 5.32 Å². The van der Waals surface area contributed by atoms with Gasteiger partial charge in [0, 0.05) is 11.3 Å². The number of oxazole rings is 1. The highest BCUT2D eigenvalue weighted by molar-refractivity contribution is 7.80. The zero-order valence-electron chi connectivity index (χ0n) is 16.9. The summed E-state index contributed by atoms with van der Waals surface area (Å²) in [4.78, 5) is 17.2. The smallest absolute Gasteiger partial charge is 0.258 e. The minimum atomic E-state index is -0.439. The molecule has 162 valence electrons. The molecule has 5 rings (SSSR count). The molecule has 1 amide bonds. The second-order valence-corrected chi connectivity index (χ2v) is 8.08. The lowest BCUT2D eigenvalue weighted by Crippen LogP contribution is -2.34. The average Bonchev–Trinajstić information content (AvgIpc) is 3.21. The Hall–Kier alpha value is -3.81. The molecule has 4 aromatic carbocycles. The van der Waals surface area contributed by atoms with E-state index >= 15 is 0 Å². The summed E-state index contributed by atoms with van der Waals surface area (Å²) in [5.41, 5.74) is 2.72. The van der Waals surface area contributed by atoms with E-state index in [9.17, 15) is 9.18 Å². The van der Waals surface area contributed by atoms with E-state index in [-0.39, 0.29) is 21.9 Å². The molecule has 0 saturated heterocycles.